The SMILES string of the molecule is CCCCC(CCC)NS(=O)(=O)c1ccc(C=O)o1. The normalized spacial score (nSPS) is 13.4. The highest BCUT2D eigenvalue weighted by Gasteiger charge is 2.22. The molecular formula is C13H21NO4S. The number of rotatable bonds is 9. The molecule has 0 aliphatic rings. The average molecular weight is 287 g/mol. The lowest BCUT2D eigenvalue weighted by atomic mass is 10.1. The van der Waals surface area contributed by atoms with Crippen LogP contribution in [0.5, 0.6) is 0 Å². The molecule has 0 aliphatic heterocycles. The summed E-state index contributed by atoms with van der Waals surface area (Å²) >= 11 is 0. The van der Waals surface area contributed by atoms with Gasteiger partial charge in [0.1, 0.15) is 0 Å². The van der Waals surface area contributed by atoms with E-state index in [0.717, 1.165) is 32.1 Å². The molecule has 0 saturated heterocycles. The molecule has 1 atom stereocenters. The van der Waals surface area contributed by atoms with Gasteiger partial charge in [-0.1, -0.05) is 33.1 Å². The van der Waals surface area contributed by atoms with Crippen LogP contribution in [0, 0.1) is 0 Å². The van der Waals surface area contributed by atoms with E-state index in [1.54, 1.807) is 0 Å². The van der Waals surface area contributed by atoms with E-state index in [4.69, 9.17) is 4.42 Å². The molecule has 0 amide bonds. The predicted molar refractivity (Wildman–Crippen MR) is 72.6 cm³/mol. The number of carbonyl (C=O) groups excluding carboxylic acids is 1. The maximum Gasteiger partial charge on any atom is 0.274 e. The Morgan fingerprint density at radius 2 is 2.00 bits per heavy atom. The van der Waals surface area contributed by atoms with Crippen molar-refractivity contribution in [2.24, 2.45) is 0 Å². The molecule has 1 heterocycles. The van der Waals surface area contributed by atoms with Crippen LogP contribution in [0.4, 0.5) is 0 Å². The van der Waals surface area contributed by atoms with Crippen molar-refractivity contribution in [1.29, 1.82) is 0 Å². The van der Waals surface area contributed by atoms with Gasteiger partial charge in [-0.3, -0.25) is 4.79 Å². The van der Waals surface area contributed by atoms with E-state index in [1.807, 2.05) is 6.92 Å². The van der Waals surface area contributed by atoms with Crippen LogP contribution < -0.4 is 4.72 Å². The molecule has 0 aromatic carbocycles. The van der Waals surface area contributed by atoms with E-state index in [2.05, 4.69) is 11.6 Å². The van der Waals surface area contributed by atoms with Crippen LogP contribution in [-0.4, -0.2) is 20.7 Å². The van der Waals surface area contributed by atoms with Crippen molar-refractivity contribution in [2.75, 3.05) is 0 Å². The van der Waals surface area contributed by atoms with Gasteiger partial charge in [-0.25, -0.2) is 13.1 Å². The molecule has 0 radical (unpaired) electrons. The van der Waals surface area contributed by atoms with Crippen molar-refractivity contribution < 1.29 is 17.6 Å². The number of sulfonamides is 1. The third-order valence-corrected chi connectivity index (χ3v) is 4.24. The van der Waals surface area contributed by atoms with Crippen LogP contribution in [0.3, 0.4) is 0 Å². The standard InChI is InChI=1S/C13H21NO4S/c1-3-5-7-11(6-4-2)14-19(16,17)13-9-8-12(10-15)18-13/h8-11,14H,3-7H2,1-2H3. The van der Waals surface area contributed by atoms with Crippen LogP contribution in [0.15, 0.2) is 21.6 Å². The summed E-state index contributed by atoms with van der Waals surface area (Å²) in [5, 5.41) is -0.202. The lowest BCUT2D eigenvalue weighted by molar-refractivity contribution is 0.109. The zero-order valence-corrected chi connectivity index (χ0v) is 12.2. The van der Waals surface area contributed by atoms with E-state index in [9.17, 15) is 13.2 Å². The Balaban J connectivity index is 2.77. The second-order valence-corrected chi connectivity index (χ2v) is 6.17. The highest BCUT2D eigenvalue weighted by atomic mass is 32.2. The first-order chi connectivity index (χ1) is 9.03. The van der Waals surface area contributed by atoms with Crippen molar-refractivity contribution in [2.45, 2.75) is 57.1 Å². The fourth-order valence-corrected chi connectivity index (χ4v) is 3.12. The summed E-state index contributed by atoms with van der Waals surface area (Å²) in [6.07, 6.45) is 5.00. The van der Waals surface area contributed by atoms with Crippen molar-refractivity contribution >= 4 is 16.3 Å². The molecule has 108 valence electrons. The van der Waals surface area contributed by atoms with Crippen LogP contribution in [0.1, 0.15) is 56.5 Å². The molecule has 1 rings (SSSR count). The summed E-state index contributed by atoms with van der Waals surface area (Å²) in [7, 11) is -3.68. The van der Waals surface area contributed by atoms with Gasteiger partial charge in [-0.15, -0.1) is 0 Å². The highest BCUT2D eigenvalue weighted by molar-refractivity contribution is 7.89. The number of carbonyl (C=O) groups is 1. The molecule has 1 unspecified atom stereocenters. The Hall–Kier alpha value is -1.14. The second kappa shape index (κ2) is 7.45. The molecule has 6 heteroatoms. The van der Waals surface area contributed by atoms with Crippen molar-refractivity contribution in [3.63, 3.8) is 0 Å². The predicted octanol–water partition coefficient (Wildman–Crippen LogP) is 2.73. The van der Waals surface area contributed by atoms with Gasteiger partial charge < -0.3 is 4.42 Å². The summed E-state index contributed by atoms with van der Waals surface area (Å²) in [6.45, 7) is 4.09. The zero-order valence-electron chi connectivity index (χ0n) is 11.4. The number of hydrogen-bond acceptors (Lipinski definition) is 4. The Morgan fingerprint density at radius 1 is 1.26 bits per heavy atom. The summed E-state index contributed by atoms with van der Waals surface area (Å²) < 4.78 is 31.8. The van der Waals surface area contributed by atoms with Gasteiger partial charge in [0.05, 0.1) is 0 Å². The van der Waals surface area contributed by atoms with E-state index < -0.39 is 10.0 Å². The number of hydrogen-bond donors (Lipinski definition) is 1. The lowest BCUT2D eigenvalue weighted by Crippen LogP contribution is -2.34. The zero-order chi connectivity index (χ0) is 14.3. The van der Waals surface area contributed by atoms with Crippen LogP contribution >= 0.6 is 0 Å². The average Bonchev–Trinajstić information content (AvgIpc) is 2.85. The summed E-state index contributed by atoms with van der Waals surface area (Å²) in [5.74, 6) is 0.0148. The molecule has 0 saturated carbocycles. The van der Waals surface area contributed by atoms with Gasteiger partial charge in [0.2, 0.25) is 5.09 Å². The van der Waals surface area contributed by atoms with Crippen molar-refractivity contribution in [1.82, 2.24) is 4.72 Å². The topological polar surface area (TPSA) is 76.4 Å². The molecule has 1 aromatic rings. The Labute approximate surface area is 114 Å². The first-order valence-corrected chi connectivity index (χ1v) is 8.09. The van der Waals surface area contributed by atoms with Crippen LogP contribution in [0.25, 0.3) is 0 Å². The van der Waals surface area contributed by atoms with Gasteiger partial charge in [0, 0.05) is 6.04 Å². The van der Waals surface area contributed by atoms with Gasteiger partial charge >= 0.3 is 0 Å². The van der Waals surface area contributed by atoms with E-state index in [-0.39, 0.29) is 16.9 Å². The molecular weight excluding hydrogens is 266 g/mol. The van der Waals surface area contributed by atoms with Crippen molar-refractivity contribution in [3.05, 3.63) is 17.9 Å². The van der Waals surface area contributed by atoms with Crippen molar-refractivity contribution in [3.8, 4) is 0 Å². The van der Waals surface area contributed by atoms with Gasteiger partial charge in [0.25, 0.3) is 10.0 Å². The number of unbranched alkanes of at least 4 members (excludes halogenated alkanes) is 1. The van der Waals surface area contributed by atoms with Crippen LogP contribution in [-0.2, 0) is 10.0 Å². The Kier molecular flexibility index (Phi) is 6.24. The molecule has 0 fully saturated rings. The van der Waals surface area contributed by atoms with Gasteiger partial charge in [0.15, 0.2) is 12.0 Å². The largest absolute Gasteiger partial charge is 0.440 e. The minimum absolute atomic E-state index is 0.0148. The molecule has 0 spiro atoms. The van der Waals surface area contributed by atoms with E-state index in [0.29, 0.717) is 6.29 Å². The number of nitrogens with one attached hydrogen (secondary N) is 1. The highest BCUT2D eigenvalue weighted by Crippen LogP contribution is 2.15. The molecule has 1 N–H and O–H groups in total. The smallest absolute Gasteiger partial charge is 0.274 e. The molecule has 0 bridgehead atoms. The number of aldehydes is 1. The Morgan fingerprint density at radius 3 is 2.53 bits per heavy atom. The fourth-order valence-electron chi connectivity index (χ4n) is 1.88. The maximum absolute atomic E-state index is 12.1. The molecule has 0 aliphatic carbocycles. The first-order valence-electron chi connectivity index (χ1n) is 6.60. The van der Waals surface area contributed by atoms with E-state index >= 15 is 0 Å². The molecule has 5 nitrogen and oxygen atoms in total. The minimum atomic E-state index is -3.68. The monoisotopic (exact) mass is 287 g/mol. The lowest BCUT2D eigenvalue weighted by Gasteiger charge is -2.16. The maximum atomic E-state index is 12.1. The molecule has 1 aromatic heterocycles. The number of furan rings is 1. The Bertz CT molecular complexity index is 492. The van der Waals surface area contributed by atoms with Gasteiger partial charge in [-0.2, -0.15) is 0 Å². The quantitative estimate of drug-likeness (QED) is 0.708. The van der Waals surface area contributed by atoms with E-state index in [1.165, 1.54) is 12.1 Å². The third-order valence-electron chi connectivity index (χ3n) is 2.85. The van der Waals surface area contributed by atoms with Gasteiger partial charge in [-0.05, 0) is 25.0 Å². The summed E-state index contributed by atoms with van der Waals surface area (Å²) in [6, 6.07) is 2.57. The first kappa shape index (κ1) is 15.9. The third kappa shape index (κ3) is 4.80. The summed E-state index contributed by atoms with van der Waals surface area (Å²) in [5.41, 5.74) is 0. The summed E-state index contributed by atoms with van der Waals surface area (Å²) in [4.78, 5) is 10.5. The second-order valence-electron chi connectivity index (χ2n) is 4.52. The van der Waals surface area contributed by atoms with Crippen LogP contribution in [0.2, 0.25) is 0 Å². The molecule has 19 heavy (non-hydrogen) atoms. The minimum Gasteiger partial charge on any atom is -0.440 e. The fraction of sp³-hybridized carbons (Fsp3) is 0.615.